The van der Waals surface area contributed by atoms with Gasteiger partial charge in [0.25, 0.3) is 0 Å². The molecule has 0 rings (SSSR count). The zero-order valence-corrected chi connectivity index (χ0v) is 11.2. The van der Waals surface area contributed by atoms with Crippen LogP contribution in [0.5, 0.6) is 0 Å². The molecule has 0 aliphatic rings. The molecular formula is C6H15PS4. The molecule has 0 heterocycles. The van der Waals surface area contributed by atoms with E-state index < -0.39 is 3.64 Å². The lowest BCUT2D eigenvalue weighted by Crippen LogP contribution is -1.72. The summed E-state index contributed by atoms with van der Waals surface area (Å²) < 4.78 is -1.36. The van der Waals surface area contributed by atoms with E-state index >= 15 is 0 Å². The molecule has 11 heavy (non-hydrogen) atoms. The predicted molar refractivity (Wildman–Crippen MR) is 68.8 cm³/mol. The van der Waals surface area contributed by atoms with E-state index in [4.69, 9.17) is 11.8 Å². The van der Waals surface area contributed by atoms with Gasteiger partial charge in [0.2, 0.25) is 0 Å². The molecule has 0 unspecified atom stereocenters. The quantitative estimate of drug-likeness (QED) is 0.544. The lowest BCUT2D eigenvalue weighted by atomic mass is 10.6. The molecule has 0 aliphatic heterocycles. The Balaban J connectivity index is 3.53. The minimum atomic E-state index is -1.36. The second kappa shape index (κ2) is 7.14. The Hall–Kier alpha value is 1.70. The number of thiol groups is 1. The highest BCUT2D eigenvalue weighted by atomic mass is 33.5. The fraction of sp³-hybridized carbons (Fsp3) is 1.00. The van der Waals surface area contributed by atoms with Crippen LogP contribution < -0.4 is 0 Å². The fourth-order valence-electron chi connectivity index (χ4n) is 0.451. The molecule has 0 aromatic rings. The third kappa shape index (κ3) is 8.04. The van der Waals surface area contributed by atoms with Crippen LogP contribution in [0.4, 0.5) is 0 Å². The van der Waals surface area contributed by atoms with Gasteiger partial charge >= 0.3 is 0 Å². The van der Waals surface area contributed by atoms with Crippen LogP contribution in [-0.4, -0.2) is 11.5 Å². The van der Waals surface area contributed by atoms with Crippen LogP contribution in [0.3, 0.4) is 0 Å². The second-order valence-corrected chi connectivity index (χ2v) is 17.2. The second-order valence-electron chi connectivity index (χ2n) is 2.14. The first-order valence-electron chi connectivity index (χ1n) is 3.74. The van der Waals surface area contributed by atoms with Gasteiger partial charge in [-0.3, -0.25) is 0 Å². The first-order valence-corrected chi connectivity index (χ1v) is 10.9. The summed E-state index contributed by atoms with van der Waals surface area (Å²) in [5.74, 6) is 2.33. The molecular weight excluding hydrogens is 231 g/mol. The average Bonchev–Trinajstić information content (AvgIpc) is 1.97. The van der Waals surface area contributed by atoms with Gasteiger partial charge < -0.3 is 0 Å². The van der Waals surface area contributed by atoms with Gasteiger partial charge in [0, 0.05) is 0 Å². The molecule has 0 saturated carbocycles. The Kier molecular flexibility index (Phi) is 8.24. The SMILES string of the molecule is CCCSP(=S)(S)SCCC. The van der Waals surface area contributed by atoms with Crippen molar-refractivity contribution in [3.8, 4) is 0 Å². The Morgan fingerprint density at radius 2 is 1.55 bits per heavy atom. The summed E-state index contributed by atoms with van der Waals surface area (Å²) in [6.45, 7) is 4.36. The van der Waals surface area contributed by atoms with E-state index in [1.54, 1.807) is 0 Å². The minimum Gasteiger partial charge on any atom is -0.122 e. The van der Waals surface area contributed by atoms with E-state index in [9.17, 15) is 0 Å². The monoisotopic (exact) mass is 246 g/mol. The minimum absolute atomic E-state index is 1.16. The normalized spacial score (nSPS) is 11.9. The van der Waals surface area contributed by atoms with Gasteiger partial charge in [-0.25, -0.2) is 0 Å². The molecule has 0 bridgehead atoms. The van der Waals surface area contributed by atoms with E-state index in [0.717, 1.165) is 11.5 Å². The maximum atomic E-state index is 5.38. The maximum absolute atomic E-state index is 5.38. The van der Waals surface area contributed by atoms with Crippen molar-refractivity contribution in [3.63, 3.8) is 0 Å². The van der Waals surface area contributed by atoms with Crippen molar-refractivity contribution in [3.05, 3.63) is 0 Å². The van der Waals surface area contributed by atoms with Gasteiger partial charge in [0.05, 0.1) is 0 Å². The number of rotatable bonds is 6. The van der Waals surface area contributed by atoms with E-state index in [1.165, 1.54) is 12.8 Å². The molecule has 0 saturated heterocycles. The molecule has 0 spiro atoms. The lowest BCUT2D eigenvalue weighted by molar-refractivity contribution is 1.11. The summed E-state index contributed by atoms with van der Waals surface area (Å²) in [6.07, 6.45) is 2.41. The molecule has 68 valence electrons. The third-order valence-electron chi connectivity index (χ3n) is 0.917. The van der Waals surface area contributed by atoms with E-state index in [2.05, 4.69) is 26.1 Å². The van der Waals surface area contributed by atoms with Crippen LogP contribution in [0.2, 0.25) is 0 Å². The molecule has 0 atom stereocenters. The highest BCUT2D eigenvalue weighted by Crippen LogP contribution is 2.73. The summed E-state index contributed by atoms with van der Waals surface area (Å²) in [6, 6.07) is 0. The van der Waals surface area contributed by atoms with Crippen LogP contribution in [0.25, 0.3) is 0 Å². The first kappa shape index (κ1) is 12.7. The fourth-order valence-corrected chi connectivity index (χ4v) is 8.88. The molecule has 0 aromatic carbocycles. The molecule has 5 heteroatoms. The van der Waals surface area contributed by atoms with E-state index in [0.29, 0.717) is 0 Å². The molecule has 0 fully saturated rings. The van der Waals surface area contributed by atoms with Gasteiger partial charge in [-0.15, -0.1) is 35.0 Å². The number of hydrogen-bond donors (Lipinski definition) is 1. The average molecular weight is 246 g/mol. The largest absolute Gasteiger partial charge is 0.122 e. The van der Waals surface area contributed by atoms with E-state index in [-0.39, 0.29) is 0 Å². The lowest BCUT2D eigenvalue weighted by Gasteiger charge is -2.12. The van der Waals surface area contributed by atoms with Gasteiger partial charge in [0.15, 0.2) is 0 Å². The summed E-state index contributed by atoms with van der Waals surface area (Å²) in [5, 5.41) is 0. The summed E-state index contributed by atoms with van der Waals surface area (Å²) in [5.41, 5.74) is 0. The van der Waals surface area contributed by atoms with Gasteiger partial charge in [0.1, 0.15) is 3.64 Å². The van der Waals surface area contributed by atoms with Crippen LogP contribution in [0, 0.1) is 0 Å². The highest BCUT2D eigenvalue weighted by Gasteiger charge is 2.10. The summed E-state index contributed by atoms with van der Waals surface area (Å²) >= 11 is 13.6. The highest BCUT2D eigenvalue weighted by molar-refractivity contribution is 9.20. The zero-order chi connectivity index (χ0) is 8.74. The molecule has 0 amide bonds. The topological polar surface area (TPSA) is 0 Å². The Morgan fingerprint density at radius 3 is 1.82 bits per heavy atom. The Morgan fingerprint density at radius 1 is 1.18 bits per heavy atom. The van der Waals surface area contributed by atoms with Crippen LogP contribution in [0.15, 0.2) is 0 Å². The summed E-state index contributed by atoms with van der Waals surface area (Å²) in [7, 11) is 0. The van der Waals surface area contributed by atoms with Crippen LogP contribution >= 0.6 is 38.7 Å². The zero-order valence-electron chi connectivity index (χ0n) is 6.95. The van der Waals surface area contributed by atoms with Crippen molar-refractivity contribution in [2.75, 3.05) is 11.5 Å². The van der Waals surface area contributed by atoms with Crippen molar-refractivity contribution in [2.24, 2.45) is 0 Å². The third-order valence-corrected chi connectivity index (χ3v) is 11.7. The van der Waals surface area contributed by atoms with Crippen molar-refractivity contribution < 1.29 is 0 Å². The van der Waals surface area contributed by atoms with Crippen molar-refractivity contribution in [1.82, 2.24) is 0 Å². The smallest absolute Gasteiger partial charge is 0.106 e. The van der Waals surface area contributed by atoms with Gasteiger partial charge in [-0.05, 0) is 24.3 Å². The molecule has 0 nitrogen and oxygen atoms in total. The van der Waals surface area contributed by atoms with Crippen LogP contribution in [0.1, 0.15) is 26.7 Å². The van der Waals surface area contributed by atoms with Crippen molar-refractivity contribution >= 4 is 50.5 Å². The van der Waals surface area contributed by atoms with Gasteiger partial charge in [-0.2, -0.15) is 0 Å². The summed E-state index contributed by atoms with van der Waals surface area (Å²) in [4.78, 5) is 0. The molecule has 0 aliphatic carbocycles. The maximum Gasteiger partial charge on any atom is 0.106 e. The van der Waals surface area contributed by atoms with Crippen molar-refractivity contribution in [1.29, 1.82) is 0 Å². The first-order chi connectivity index (χ1) is 5.12. The standard InChI is InChI=1S/C6H15PS4/c1-3-5-10-7(8,9)11-6-4-2/h3-6H2,1-2H3,(H,8,9). The van der Waals surface area contributed by atoms with Gasteiger partial charge in [-0.1, -0.05) is 25.7 Å². The molecule has 0 radical (unpaired) electrons. The van der Waals surface area contributed by atoms with E-state index in [1.807, 2.05) is 22.8 Å². The predicted octanol–water partition coefficient (Wildman–Crippen LogP) is 4.43. The molecule has 0 aromatic heterocycles. The molecule has 0 N–H and O–H groups in total. The Bertz CT molecular complexity index is 125. The van der Waals surface area contributed by atoms with Crippen molar-refractivity contribution in [2.45, 2.75) is 26.7 Å². The van der Waals surface area contributed by atoms with Crippen LogP contribution in [-0.2, 0) is 11.8 Å². The number of hydrogen-bond acceptors (Lipinski definition) is 3. The Labute approximate surface area is 88.3 Å².